The summed E-state index contributed by atoms with van der Waals surface area (Å²) in [6.45, 7) is 1.56. The molecule has 2 heterocycles. The highest BCUT2D eigenvalue weighted by Crippen LogP contribution is 2.27. The zero-order chi connectivity index (χ0) is 8.77. The molecule has 1 aromatic rings. The van der Waals surface area contributed by atoms with Crippen molar-refractivity contribution in [3.8, 4) is 0 Å². The van der Waals surface area contributed by atoms with Crippen LogP contribution >= 0.6 is 0 Å². The quantitative estimate of drug-likeness (QED) is 0.650. The molecule has 12 heavy (non-hydrogen) atoms. The van der Waals surface area contributed by atoms with Crippen LogP contribution in [0.15, 0.2) is 26.0 Å². The summed E-state index contributed by atoms with van der Waals surface area (Å²) in [5, 5.41) is 2.70. The van der Waals surface area contributed by atoms with E-state index in [9.17, 15) is 8.42 Å². The number of hydrogen-bond acceptors (Lipinski definition) is 4. The number of sulfonamides is 1. The summed E-state index contributed by atoms with van der Waals surface area (Å²) in [7, 11) is -3.52. The third kappa shape index (κ3) is 0.918. The van der Waals surface area contributed by atoms with Gasteiger partial charge < -0.3 is 9.73 Å². The minimum atomic E-state index is -3.52. The lowest BCUT2D eigenvalue weighted by Gasteiger charge is -2.09. The lowest BCUT2D eigenvalue weighted by Crippen LogP contribution is -2.16. The van der Waals surface area contributed by atoms with Crippen molar-refractivity contribution >= 4 is 21.7 Å². The highest BCUT2D eigenvalue weighted by Gasteiger charge is 2.25. The van der Waals surface area contributed by atoms with Crippen LogP contribution in [0.2, 0.25) is 0 Å². The molecule has 0 fully saturated rings. The van der Waals surface area contributed by atoms with E-state index in [4.69, 9.17) is 4.42 Å². The van der Waals surface area contributed by atoms with Gasteiger partial charge in [0.2, 0.25) is 5.88 Å². The zero-order valence-electron chi connectivity index (χ0n) is 6.23. The van der Waals surface area contributed by atoms with Crippen LogP contribution in [0, 0.1) is 0 Å². The first-order chi connectivity index (χ1) is 5.59. The van der Waals surface area contributed by atoms with Gasteiger partial charge in [0, 0.05) is 0 Å². The number of amidine groups is 1. The monoisotopic (exact) mass is 186 g/mol. The Labute approximate surface area is 69.2 Å². The average molecular weight is 186 g/mol. The van der Waals surface area contributed by atoms with Crippen LogP contribution in [-0.4, -0.2) is 14.3 Å². The van der Waals surface area contributed by atoms with Gasteiger partial charge in [0.25, 0.3) is 10.0 Å². The van der Waals surface area contributed by atoms with Crippen molar-refractivity contribution in [3.05, 3.63) is 12.3 Å². The smallest absolute Gasteiger partial charge is 0.289 e. The zero-order valence-corrected chi connectivity index (χ0v) is 7.05. The molecule has 1 aliphatic heterocycles. The Hall–Kier alpha value is -1.30. The Balaban J connectivity index is 2.72. The fraction of sp³-hybridized carbons (Fsp3) is 0.167. The van der Waals surface area contributed by atoms with E-state index in [1.54, 1.807) is 6.92 Å². The van der Waals surface area contributed by atoms with E-state index in [1.165, 1.54) is 12.3 Å². The number of fused-ring (bicyclic) bond motifs is 1. The van der Waals surface area contributed by atoms with E-state index < -0.39 is 10.0 Å². The van der Waals surface area contributed by atoms with E-state index >= 15 is 0 Å². The second kappa shape index (κ2) is 2.10. The van der Waals surface area contributed by atoms with Crippen LogP contribution in [0.3, 0.4) is 0 Å². The lowest BCUT2D eigenvalue weighted by molar-refractivity contribution is 0.572. The summed E-state index contributed by atoms with van der Waals surface area (Å²) in [6.07, 6.45) is 1.31. The molecule has 0 aromatic carbocycles. The maximum absolute atomic E-state index is 11.3. The van der Waals surface area contributed by atoms with Gasteiger partial charge >= 0.3 is 0 Å². The standard InChI is InChI=1S/C6H6N2O3S/c1-4-7-6-5(2-3-11-6)12(9,10)8-4/h2-3H,1H3,(H,7,8). The van der Waals surface area contributed by atoms with Gasteiger partial charge in [-0.2, -0.15) is 8.42 Å². The molecule has 1 N–H and O–H groups in total. The van der Waals surface area contributed by atoms with E-state index in [-0.39, 0.29) is 10.8 Å². The van der Waals surface area contributed by atoms with Gasteiger partial charge in [-0.05, 0) is 13.0 Å². The van der Waals surface area contributed by atoms with Gasteiger partial charge in [0.05, 0.1) is 6.26 Å². The topological polar surface area (TPSA) is 71.7 Å². The first-order valence-electron chi connectivity index (χ1n) is 3.26. The van der Waals surface area contributed by atoms with Gasteiger partial charge in [-0.15, -0.1) is 4.40 Å². The van der Waals surface area contributed by atoms with Crippen molar-refractivity contribution in [1.82, 2.24) is 0 Å². The van der Waals surface area contributed by atoms with E-state index in [0.717, 1.165) is 0 Å². The number of nitrogens with one attached hydrogen (secondary N) is 1. The number of nitrogens with zero attached hydrogens (tertiary/aromatic N) is 1. The Bertz CT molecular complexity index is 443. The Kier molecular flexibility index (Phi) is 1.29. The summed E-state index contributed by atoms with van der Waals surface area (Å²) in [5.74, 6) is 0.556. The normalized spacial score (nSPS) is 19.2. The van der Waals surface area contributed by atoms with Crippen LogP contribution in [0.4, 0.5) is 5.88 Å². The van der Waals surface area contributed by atoms with Gasteiger partial charge in [-0.3, -0.25) is 0 Å². The SMILES string of the molecule is CC1=NS(=O)(=O)c2ccoc2N1. The Morgan fingerprint density at radius 3 is 3.08 bits per heavy atom. The summed E-state index contributed by atoms with van der Waals surface area (Å²) in [5.41, 5.74) is 0. The fourth-order valence-electron chi connectivity index (χ4n) is 1.01. The maximum Gasteiger partial charge on any atom is 0.289 e. The predicted octanol–water partition coefficient (Wildman–Crippen LogP) is 0.812. The third-order valence-electron chi connectivity index (χ3n) is 1.46. The summed E-state index contributed by atoms with van der Waals surface area (Å²) in [6, 6.07) is 1.37. The maximum atomic E-state index is 11.3. The number of furan rings is 1. The summed E-state index contributed by atoms with van der Waals surface area (Å²) < 4.78 is 30.9. The van der Waals surface area contributed by atoms with Crippen molar-refractivity contribution in [2.75, 3.05) is 5.32 Å². The predicted molar refractivity (Wildman–Crippen MR) is 42.6 cm³/mol. The number of rotatable bonds is 0. The van der Waals surface area contributed by atoms with Gasteiger partial charge in [0.15, 0.2) is 4.90 Å². The van der Waals surface area contributed by atoms with Crippen LogP contribution in [-0.2, 0) is 10.0 Å². The highest BCUT2D eigenvalue weighted by molar-refractivity contribution is 7.90. The first kappa shape index (κ1) is 7.35. The number of hydrogen-bond donors (Lipinski definition) is 1. The van der Waals surface area contributed by atoms with Gasteiger partial charge in [-0.25, -0.2) is 0 Å². The molecule has 0 spiro atoms. The number of anilines is 1. The van der Waals surface area contributed by atoms with E-state index in [0.29, 0.717) is 5.84 Å². The van der Waals surface area contributed by atoms with Crippen LogP contribution in [0.25, 0.3) is 0 Å². The molecular formula is C6H6N2O3S. The van der Waals surface area contributed by atoms with Crippen molar-refractivity contribution in [2.45, 2.75) is 11.8 Å². The summed E-state index contributed by atoms with van der Waals surface area (Å²) >= 11 is 0. The molecule has 6 heteroatoms. The van der Waals surface area contributed by atoms with Crippen LogP contribution in [0.5, 0.6) is 0 Å². The molecular weight excluding hydrogens is 180 g/mol. The van der Waals surface area contributed by atoms with E-state index in [2.05, 4.69) is 9.71 Å². The molecule has 0 atom stereocenters. The molecule has 0 saturated carbocycles. The molecule has 1 aromatic heterocycles. The fourth-order valence-corrected chi connectivity index (χ4v) is 2.07. The van der Waals surface area contributed by atoms with Crippen LogP contribution < -0.4 is 5.32 Å². The molecule has 0 bridgehead atoms. The lowest BCUT2D eigenvalue weighted by atomic mass is 10.5. The van der Waals surface area contributed by atoms with Crippen molar-refractivity contribution in [2.24, 2.45) is 4.40 Å². The molecule has 1 aliphatic rings. The third-order valence-corrected chi connectivity index (χ3v) is 2.85. The Morgan fingerprint density at radius 2 is 2.33 bits per heavy atom. The molecule has 0 unspecified atom stereocenters. The molecule has 64 valence electrons. The minimum Gasteiger partial charge on any atom is -0.447 e. The Morgan fingerprint density at radius 1 is 1.58 bits per heavy atom. The largest absolute Gasteiger partial charge is 0.447 e. The second-order valence-electron chi connectivity index (χ2n) is 2.39. The van der Waals surface area contributed by atoms with Gasteiger partial charge in [-0.1, -0.05) is 0 Å². The molecule has 2 rings (SSSR count). The van der Waals surface area contributed by atoms with Crippen molar-refractivity contribution in [3.63, 3.8) is 0 Å². The second-order valence-corrected chi connectivity index (χ2v) is 3.96. The van der Waals surface area contributed by atoms with Crippen molar-refractivity contribution in [1.29, 1.82) is 0 Å². The minimum absolute atomic E-state index is 0.0908. The van der Waals surface area contributed by atoms with Gasteiger partial charge in [0.1, 0.15) is 5.84 Å². The van der Waals surface area contributed by atoms with E-state index in [1.807, 2.05) is 0 Å². The highest BCUT2D eigenvalue weighted by atomic mass is 32.2. The molecule has 0 amide bonds. The molecule has 0 aliphatic carbocycles. The van der Waals surface area contributed by atoms with Crippen LogP contribution in [0.1, 0.15) is 6.92 Å². The first-order valence-corrected chi connectivity index (χ1v) is 4.70. The van der Waals surface area contributed by atoms with Crippen molar-refractivity contribution < 1.29 is 12.8 Å². The summed E-state index contributed by atoms with van der Waals surface area (Å²) in [4.78, 5) is 0.0908. The molecule has 0 saturated heterocycles. The average Bonchev–Trinajstić information content (AvgIpc) is 2.32. The molecule has 0 radical (unpaired) electrons. The molecule has 5 nitrogen and oxygen atoms in total.